The highest BCUT2D eigenvalue weighted by Crippen LogP contribution is 2.48. The van der Waals surface area contributed by atoms with Crippen LogP contribution in [-0.2, 0) is 16.0 Å². The zero-order chi connectivity index (χ0) is 24.5. The van der Waals surface area contributed by atoms with Gasteiger partial charge in [0.2, 0.25) is 0 Å². The third-order valence-corrected chi connectivity index (χ3v) is 7.43. The summed E-state index contributed by atoms with van der Waals surface area (Å²) in [5, 5.41) is 0. The zero-order valence-corrected chi connectivity index (χ0v) is 20.4. The molecule has 3 atom stereocenters. The lowest BCUT2D eigenvalue weighted by Crippen LogP contribution is -2.23. The Morgan fingerprint density at radius 3 is 2.46 bits per heavy atom. The molecule has 0 N–H and O–H groups in total. The quantitative estimate of drug-likeness (QED) is 0.351. The van der Waals surface area contributed by atoms with E-state index in [2.05, 4.69) is 18.2 Å². The molecule has 3 aromatic rings. The Bertz CT molecular complexity index is 1220. The molecule has 1 aliphatic carbocycles. The third kappa shape index (κ3) is 4.77. The normalized spacial score (nSPS) is 18.7. The van der Waals surface area contributed by atoms with Crippen molar-refractivity contribution in [1.82, 2.24) is 0 Å². The van der Waals surface area contributed by atoms with Gasteiger partial charge in [-0.25, -0.2) is 4.39 Å². The van der Waals surface area contributed by atoms with Crippen LogP contribution >= 0.6 is 0 Å². The topological polar surface area (TPSA) is 44.8 Å². The van der Waals surface area contributed by atoms with Gasteiger partial charge in [-0.2, -0.15) is 0 Å². The highest BCUT2D eigenvalue weighted by atomic mass is 19.1. The van der Waals surface area contributed by atoms with Crippen molar-refractivity contribution in [2.45, 2.75) is 44.6 Å². The van der Waals surface area contributed by atoms with E-state index in [4.69, 9.17) is 14.2 Å². The first-order valence-electron chi connectivity index (χ1n) is 12.3. The SMILES string of the molecule is COC(=O)C(C)[C@H](c1ccc2c(c1)OC(c1ccc(-c3cc(OC)ccc3F)cc1)CC2)C1CC1. The maximum absolute atomic E-state index is 14.4. The smallest absolute Gasteiger partial charge is 0.309 e. The molecule has 0 spiro atoms. The van der Waals surface area contributed by atoms with Gasteiger partial charge in [0.05, 0.1) is 20.1 Å². The van der Waals surface area contributed by atoms with Crippen LogP contribution < -0.4 is 9.47 Å². The van der Waals surface area contributed by atoms with E-state index in [1.54, 1.807) is 19.2 Å². The molecule has 0 aromatic heterocycles. The van der Waals surface area contributed by atoms with Crippen LogP contribution in [0.15, 0.2) is 60.7 Å². The Hall–Kier alpha value is -3.34. The summed E-state index contributed by atoms with van der Waals surface area (Å²) in [6.07, 6.45) is 4.02. The molecule has 0 bridgehead atoms. The van der Waals surface area contributed by atoms with Crippen molar-refractivity contribution in [3.63, 3.8) is 0 Å². The molecule has 1 fully saturated rings. The first-order chi connectivity index (χ1) is 17.0. The van der Waals surface area contributed by atoms with E-state index in [1.807, 2.05) is 31.2 Å². The van der Waals surface area contributed by atoms with E-state index in [-0.39, 0.29) is 29.7 Å². The van der Waals surface area contributed by atoms with Crippen LogP contribution in [0, 0.1) is 17.7 Å². The van der Waals surface area contributed by atoms with Gasteiger partial charge in [-0.1, -0.05) is 43.3 Å². The fraction of sp³-hybridized carbons (Fsp3) is 0.367. The largest absolute Gasteiger partial charge is 0.497 e. The van der Waals surface area contributed by atoms with Crippen molar-refractivity contribution in [3.8, 4) is 22.6 Å². The molecule has 5 heteroatoms. The summed E-state index contributed by atoms with van der Waals surface area (Å²) in [6, 6.07) is 19.1. The molecule has 0 saturated heterocycles. The molecule has 4 nitrogen and oxygen atoms in total. The highest BCUT2D eigenvalue weighted by molar-refractivity contribution is 5.73. The van der Waals surface area contributed by atoms with Gasteiger partial charge >= 0.3 is 5.97 Å². The highest BCUT2D eigenvalue weighted by Gasteiger charge is 2.39. The number of hydrogen-bond acceptors (Lipinski definition) is 4. The maximum Gasteiger partial charge on any atom is 0.309 e. The minimum atomic E-state index is -0.277. The number of aryl methyl sites for hydroxylation is 1. The minimum Gasteiger partial charge on any atom is -0.497 e. The molecule has 5 rings (SSSR count). The van der Waals surface area contributed by atoms with Crippen LogP contribution in [0.1, 0.15) is 54.9 Å². The van der Waals surface area contributed by atoms with Gasteiger partial charge in [0.15, 0.2) is 0 Å². The molecular weight excluding hydrogens is 443 g/mol. The van der Waals surface area contributed by atoms with Gasteiger partial charge in [0.25, 0.3) is 0 Å². The van der Waals surface area contributed by atoms with Gasteiger partial charge in [-0.3, -0.25) is 4.79 Å². The predicted octanol–water partition coefficient (Wildman–Crippen LogP) is 6.87. The second-order valence-electron chi connectivity index (χ2n) is 9.66. The van der Waals surface area contributed by atoms with E-state index in [0.717, 1.165) is 48.1 Å². The lowest BCUT2D eigenvalue weighted by Gasteiger charge is -2.29. The van der Waals surface area contributed by atoms with Crippen LogP contribution in [0.25, 0.3) is 11.1 Å². The fourth-order valence-corrected chi connectivity index (χ4v) is 5.32. The first kappa shape index (κ1) is 23.4. The van der Waals surface area contributed by atoms with Crippen molar-refractivity contribution in [3.05, 3.63) is 83.2 Å². The van der Waals surface area contributed by atoms with Crippen molar-refractivity contribution in [1.29, 1.82) is 0 Å². The van der Waals surface area contributed by atoms with Crippen LogP contribution in [0.4, 0.5) is 4.39 Å². The molecule has 1 saturated carbocycles. The Balaban J connectivity index is 1.37. The van der Waals surface area contributed by atoms with Gasteiger partial charge < -0.3 is 14.2 Å². The lowest BCUT2D eigenvalue weighted by molar-refractivity contribution is -0.145. The van der Waals surface area contributed by atoms with Crippen LogP contribution in [0.5, 0.6) is 11.5 Å². The van der Waals surface area contributed by atoms with Crippen molar-refractivity contribution in [2.75, 3.05) is 14.2 Å². The number of fused-ring (bicyclic) bond motifs is 1. The number of esters is 1. The monoisotopic (exact) mass is 474 g/mol. The molecule has 0 radical (unpaired) electrons. The standard InChI is InChI=1S/C30H31FO4/c1-18(30(32)34-3)29(22-9-10-22)23-11-8-21-12-15-27(35-28(21)16-23)20-6-4-19(5-7-20)25-17-24(33-2)13-14-26(25)31/h4-8,11,13-14,16-18,22,27,29H,9-10,12,15H2,1-3H3/t18?,27?,29-/m0/s1. The molecule has 1 heterocycles. The maximum atomic E-state index is 14.4. The number of hydrogen-bond donors (Lipinski definition) is 0. The van der Waals surface area contributed by atoms with E-state index in [9.17, 15) is 9.18 Å². The summed E-state index contributed by atoms with van der Waals surface area (Å²) in [5.74, 6) is 1.56. The van der Waals surface area contributed by atoms with Crippen LogP contribution in [-0.4, -0.2) is 20.2 Å². The average molecular weight is 475 g/mol. The number of carbonyl (C=O) groups excluding carboxylic acids is 1. The number of carbonyl (C=O) groups is 1. The number of benzene rings is 3. The Morgan fingerprint density at radius 2 is 1.77 bits per heavy atom. The summed E-state index contributed by atoms with van der Waals surface area (Å²) >= 11 is 0. The summed E-state index contributed by atoms with van der Waals surface area (Å²) in [7, 11) is 3.03. The molecule has 182 valence electrons. The predicted molar refractivity (Wildman–Crippen MR) is 133 cm³/mol. The fourth-order valence-electron chi connectivity index (χ4n) is 5.32. The minimum absolute atomic E-state index is 0.0700. The number of methoxy groups -OCH3 is 2. The number of ether oxygens (including phenoxy) is 3. The molecule has 35 heavy (non-hydrogen) atoms. The summed E-state index contributed by atoms with van der Waals surface area (Å²) in [5.41, 5.74) is 4.72. The molecule has 1 aliphatic heterocycles. The summed E-state index contributed by atoms with van der Waals surface area (Å²) < 4.78 is 31.2. The van der Waals surface area contributed by atoms with Crippen molar-refractivity contribution in [2.24, 2.45) is 11.8 Å². The van der Waals surface area contributed by atoms with E-state index >= 15 is 0 Å². The van der Waals surface area contributed by atoms with Gasteiger partial charge in [0.1, 0.15) is 23.4 Å². The van der Waals surface area contributed by atoms with Crippen molar-refractivity contribution < 1.29 is 23.4 Å². The second kappa shape index (κ2) is 9.73. The molecular formula is C30H31FO4. The first-order valence-corrected chi connectivity index (χ1v) is 12.3. The molecule has 0 amide bonds. The second-order valence-corrected chi connectivity index (χ2v) is 9.66. The summed E-state index contributed by atoms with van der Waals surface area (Å²) in [6.45, 7) is 1.96. The average Bonchev–Trinajstić information content (AvgIpc) is 3.73. The van der Waals surface area contributed by atoms with E-state index in [0.29, 0.717) is 17.2 Å². The third-order valence-electron chi connectivity index (χ3n) is 7.43. The number of rotatable bonds is 7. The lowest BCUT2D eigenvalue weighted by atomic mass is 9.82. The van der Waals surface area contributed by atoms with Gasteiger partial charge in [0, 0.05) is 5.56 Å². The van der Waals surface area contributed by atoms with Crippen LogP contribution in [0.3, 0.4) is 0 Å². The zero-order valence-electron chi connectivity index (χ0n) is 20.4. The Labute approximate surface area is 206 Å². The van der Waals surface area contributed by atoms with Crippen LogP contribution in [0.2, 0.25) is 0 Å². The van der Waals surface area contributed by atoms with E-state index in [1.165, 1.54) is 18.7 Å². The molecule has 3 aromatic carbocycles. The summed E-state index contributed by atoms with van der Waals surface area (Å²) in [4.78, 5) is 12.3. The van der Waals surface area contributed by atoms with Gasteiger partial charge in [-0.05, 0) is 84.0 Å². The van der Waals surface area contributed by atoms with Gasteiger partial charge in [-0.15, -0.1) is 0 Å². The van der Waals surface area contributed by atoms with Crippen molar-refractivity contribution >= 4 is 5.97 Å². The molecule has 2 aliphatic rings. The Morgan fingerprint density at radius 1 is 1.00 bits per heavy atom. The Kier molecular flexibility index (Phi) is 6.50. The number of halogens is 1. The van der Waals surface area contributed by atoms with E-state index < -0.39 is 0 Å². The molecule has 2 unspecified atom stereocenters.